The van der Waals surface area contributed by atoms with Crippen molar-refractivity contribution in [3.63, 3.8) is 0 Å². The fourth-order valence-electron chi connectivity index (χ4n) is 3.80. The number of alkyl carbamates (subject to hydrolysis) is 1. The van der Waals surface area contributed by atoms with Gasteiger partial charge in [-0.2, -0.15) is 13.2 Å². The highest BCUT2D eigenvalue weighted by atomic mass is 19.4. The van der Waals surface area contributed by atoms with Crippen LogP contribution in [0, 0.1) is 0 Å². The molecule has 2 aromatic rings. The Morgan fingerprint density at radius 2 is 1.62 bits per heavy atom. The number of carboxylic acids is 1. The summed E-state index contributed by atoms with van der Waals surface area (Å²) in [6.45, 7) is -0.275. The number of carbonyl (C=O) groups excluding carboxylic acids is 2. The van der Waals surface area contributed by atoms with Crippen molar-refractivity contribution in [2.45, 2.75) is 31.0 Å². The van der Waals surface area contributed by atoms with Gasteiger partial charge in [-0.25, -0.2) is 9.59 Å². The number of carbonyl (C=O) groups is 3. The van der Waals surface area contributed by atoms with Crippen LogP contribution in [0.15, 0.2) is 60.7 Å². The summed E-state index contributed by atoms with van der Waals surface area (Å²) in [4.78, 5) is 34.3. The van der Waals surface area contributed by atoms with E-state index in [1.165, 1.54) is 0 Å². The summed E-state index contributed by atoms with van der Waals surface area (Å²) in [6.07, 6.45) is -5.27. The highest BCUT2D eigenvalue weighted by Gasteiger charge is 2.41. The largest absolute Gasteiger partial charge is 0.478 e. The quantitative estimate of drug-likeness (QED) is 0.475. The normalized spacial score (nSPS) is 13.7. The van der Waals surface area contributed by atoms with Crippen LogP contribution in [0.5, 0.6) is 0 Å². The second-order valence-corrected chi connectivity index (χ2v) is 7.65. The second kappa shape index (κ2) is 10.9. The maximum Gasteiger partial charge on any atom is 0.408 e. The van der Waals surface area contributed by atoms with Crippen molar-refractivity contribution in [3.8, 4) is 11.1 Å². The van der Waals surface area contributed by atoms with Crippen molar-refractivity contribution in [3.05, 3.63) is 71.8 Å². The minimum Gasteiger partial charge on any atom is -0.478 e. The molecule has 0 saturated heterocycles. The number of alkyl halides is 3. The van der Waals surface area contributed by atoms with Gasteiger partial charge in [0.1, 0.15) is 12.6 Å². The Bertz CT molecular complexity index is 1040. The van der Waals surface area contributed by atoms with Gasteiger partial charge in [-0.05, 0) is 28.7 Å². The molecule has 0 heterocycles. The van der Waals surface area contributed by atoms with Crippen LogP contribution in [0.1, 0.15) is 29.9 Å². The zero-order valence-electron chi connectivity index (χ0n) is 18.0. The molecule has 3 N–H and O–H groups in total. The average molecular weight is 476 g/mol. The first-order chi connectivity index (χ1) is 16.2. The van der Waals surface area contributed by atoms with Gasteiger partial charge in [-0.15, -0.1) is 0 Å². The number of ether oxygens (including phenoxy) is 1. The Morgan fingerprint density at radius 1 is 1.03 bits per heavy atom. The average Bonchev–Trinajstić information content (AvgIpc) is 3.11. The lowest BCUT2D eigenvalue weighted by atomic mass is 9.98. The number of rotatable bonds is 9. The van der Waals surface area contributed by atoms with E-state index in [1.807, 2.05) is 53.8 Å². The van der Waals surface area contributed by atoms with Gasteiger partial charge in [0.2, 0.25) is 5.91 Å². The fourth-order valence-corrected chi connectivity index (χ4v) is 3.80. The summed E-state index contributed by atoms with van der Waals surface area (Å²) in [7, 11) is 0. The first-order valence-corrected chi connectivity index (χ1v) is 10.5. The molecule has 0 radical (unpaired) electrons. The first-order valence-electron chi connectivity index (χ1n) is 10.5. The number of amides is 2. The van der Waals surface area contributed by atoms with Crippen molar-refractivity contribution in [1.29, 1.82) is 0 Å². The van der Waals surface area contributed by atoms with Crippen LogP contribution >= 0.6 is 0 Å². The van der Waals surface area contributed by atoms with Crippen molar-refractivity contribution in [1.82, 2.24) is 10.6 Å². The molecule has 2 amide bonds. The Kier molecular flexibility index (Phi) is 7.93. The fraction of sp³-hybridized carbons (Fsp3) is 0.292. The van der Waals surface area contributed by atoms with Crippen LogP contribution in [0.3, 0.4) is 0 Å². The molecule has 180 valence electrons. The van der Waals surface area contributed by atoms with Crippen LogP contribution < -0.4 is 10.6 Å². The molecule has 0 spiro atoms. The Morgan fingerprint density at radius 3 is 2.18 bits per heavy atom. The molecule has 0 aliphatic heterocycles. The van der Waals surface area contributed by atoms with E-state index in [2.05, 4.69) is 5.32 Å². The van der Waals surface area contributed by atoms with Crippen molar-refractivity contribution in [2.24, 2.45) is 0 Å². The van der Waals surface area contributed by atoms with Crippen LogP contribution in [-0.2, 0) is 14.3 Å². The Balaban J connectivity index is 1.55. The van der Waals surface area contributed by atoms with Gasteiger partial charge in [-0.1, -0.05) is 54.6 Å². The molecular formula is C24H23F3N2O5. The van der Waals surface area contributed by atoms with Crippen LogP contribution in [0.25, 0.3) is 11.1 Å². The molecule has 1 aliphatic rings. The molecule has 7 nitrogen and oxygen atoms in total. The molecule has 0 bridgehead atoms. The van der Waals surface area contributed by atoms with E-state index < -0.39 is 43.0 Å². The summed E-state index contributed by atoms with van der Waals surface area (Å²) in [5, 5.41) is 12.5. The first kappa shape index (κ1) is 24.8. The standard InChI is InChI=1S/C24H23F3N2O5/c25-24(26,27)20(11-12-21(30)28-13-5-10-22(31)32)29-23(33)34-14-19-17-8-3-1-6-15(17)16-7-2-4-9-18(16)19/h1-10,19-20H,11-14H2,(H,28,30)(H,29,33)(H,31,32)/b10-5+/t20-/m0/s1. The van der Waals surface area contributed by atoms with Gasteiger partial charge in [0.25, 0.3) is 0 Å². The SMILES string of the molecule is O=C(O)/C=C/CNC(=O)CC[C@H](NC(=O)OCC1c2ccccc2-c2ccccc21)C(F)(F)F. The zero-order chi connectivity index (χ0) is 24.7. The van der Waals surface area contributed by atoms with Gasteiger partial charge >= 0.3 is 18.2 Å². The molecule has 1 atom stereocenters. The van der Waals surface area contributed by atoms with E-state index in [9.17, 15) is 27.6 Å². The lowest BCUT2D eigenvalue weighted by Gasteiger charge is -2.22. The highest BCUT2D eigenvalue weighted by Crippen LogP contribution is 2.44. The monoisotopic (exact) mass is 476 g/mol. The summed E-state index contributed by atoms with van der Waals surface area (Å²) in [5.41, 5.74) is 3.84. The number of halogens is 3. The predicted octanol–water partition coefficient (Wildman–Crippen LogP) is 3.99. The number of hydrogen-bond acceptors (Lipinski definition) is 4. The van der Waals surface area contributed by atoms with E-state index in [1.54, 1.807) is 0 Å². The smallest absolute Gasteiger partial charge is 0.408 e. The number of nitrogens with one attached hydrogen (secondary N) is 2. The molecule has 0 saturated carbocycles. The lowest BCUT2D eigenvalue weighted by molar-refractivity contribution is -0.156. The van der Waals surface area contributed by atoms with E-state index in [4.69, 9.17) is 9.84 Å². The maximum atomic E-state index is 13.4. The molecule has 10 heteroatoms. The van der Waals surface area contributed by atoms with Crippen LogP contribution in [0.4, 0.5) is 18.0 Å². The topological polar surface area (TPSA) is 105 Å². The van der Waals surface area contributed by atoms with Gasteiger partial charge in [0.05, 0.1) is 0 Å². The summed E-state index contributed by atoms with van der Waals surface area (Å²) in [6, 6.07) is 12.9. The lowest BCUT2D eigenvalue weighted by Crippen LogP contribution is -2.46. The van der Waals surface area contributed by atoms with Gasteiger partial charge < -0.3 is 20.5 Å². The molecule has 2 aromatic carbocycles. The minimum absolute atomic E-state index is 0.137. The molecule has 34 heavy (non-hydrogen) atoms. The third-order valence-corrected chi connectivity index (χ3v) is 5.37. The zero-order valence-corrected chi connectivity index (χ0v) is 18.0. The van der Waals surface area contributed by atoms with Gasteiger partial charge in [0.15, 0.2) is 0 Å². The number of fused-ring (bicyclic) bond motifs is 3. The Hall–Kier alpha value is -3.82. The molecule has 0 unspecified atom stereocenters. The molecule has 1 aliphatic carbocycles. The van der Waals surface area contributed by atoms with Crippen molar-refractivity contribution in [2.75, 3.05) is 13.2 Å². The number of benzene rings is 2. The second-order valence-electron chi connectivity index (χ2n) is 7.65. The minimum atomic E-state index is -4.78. The molecular weight excluding hydrogens is 453 g/mol. The molecule has 0 fully saturated rings. The highest BCUT2D eigenvalue weighted by molar-refractivity contribution is 5.80. The van der Waals surface area contributed by atoms with Gasteiger partial charge in [0, 0.05) is 25.0 Å². The van der Waals surface area contributed by atoms with Crippen molar-refractivity contribution >= 4 is 18.0 Å². The predicted molar refractivity (Wildman–Crippen MR) is 117 cm³/mol. The summed E-state index contributed by atoms with van der Waals surface area (Å²) >= 11 is 0. The number of aliphatic carboxylic acids is 1. The molecule has 0 aromatic heterocycles. The third-order valence-electron chi connectivity index (χ3n) is 5.37. The van der Waals surface area contributed by atoms with Crippen LogP contribution in [-0.4, -0.2) is 48.4 Å². The van der Waals surface area contributed by atoms with E-state index >= 15 is 0 Å². The van der Waals surface area contributed by atoms with Crippen LogP contribution in [0.2, 0.25) is 0 Å². The van der Waals surface area contributed by atoms with Gasteiger partial charge in [-0.3, -0.25) is 4.79 Å². The maximum absolute atomic E-state index is 13.4. The third kappa shape index (κ3) is 6.37. The Labute approximate surface area is 193 Å². The molecule has 3 rings (SSSR count). The number of hydrogen-bond donors (Lipinski definition) is 3. The number of carboxylic acid groups (broad SMARTS) is 1. The summed E-state index contributed by atoms with van der Waals surface area (Å²) in [5.74, 6) is -2.22. The summed E-state index contributed by atoms with van der Waals surface area (Å²) < 4.78 is 45.3. The van der Waals surface area contributed by atoms with E-state index in [0.717, 1.165) is 34.4 Å². The van der Waals surface area contributed by atoms with E-state index in [0.29, 0.717) is 0 Å². The van der Waals surface area contributed by atoms with E-state index in [-0.39, 0.29) is 19.1 Å². The van der Waals surface area contributed by atoms with Crippen molar-refractivity contribution < 1.29 is 37.4 Å².